The van der Waals surface area contributed by atoms with Gasteiger partial charge in [-0.1, -0.05) is 41.0 Å². The minimum Gasteiger partial charge on any atom is -0.414 e. The van der Waals surface area contributed by atoms with Gasteiger partial charge in [-0.05, 0) is 80.8 Å². The van der Waals surface area contributed by atoms with Crippen LogP contribution in [0.2, 0.25) is 18.1 Å². The van der Waals surface area contributed by atoms with Gasteiger partial charge in [0.25, 0.3) is 0 Å². The molecule has 0 aromatic rings. The molecule has 3 rings (SSSR count). The van der Waals surface area contributed by atoms with Crippen molar-refractivity contribution < 1.29 is 18.7 Å². The third kappa shape index (κ3) is 4.72. The predicted molar refractivity (Wildman–Crippen MR) is 128 cm³/mol. The van der Waals surface area contributed by atoms with Gasteiger partial charge in [0.05, 0.1) is 5.92 Å². The summed E-state index contributed by atoms with van der Waals surface area (Å²) in [5.74, 6) is 3.49. The molecule has 0 aromatic carbocycles. The van der Waals surface area contributed by atoms with Gasteiger partial charge in [0.1, 0.15) is 5.78 Å². The maximum Gasteiger partial charge on any atom is 0.192 e. The molecule has 0 spiro atoms. The molecule has 180 valence electrons. The zero-order chi connectivity index (χ0) is 23.1. The van der Waals surface area contributed by atoms with Gasteiger partial charge in [0.2, 0.25) is 0 Å². The molecular weight excluding hydrogens is 404 g/mol. The zero-order valence-electron chi connectivity index (χ0n) is 21.6. The summed E-state index contributed by atoms with van der Waals surface area (Å²) in [4.78, 5) is 13.7. The van der Waals surface area contributed by atoms with Crippen LogP contribution < -0.4 is 0 Å². The molecule has 0 bridgehead atoms. The van der Waals surface area contributed by atoms with Crippen molar-refractivity contribution in [2.75, 3.05) is 13.2 Å². The highest BCUT2D eigenvalue weighted by Crippen LogP contribution is 2.60. The van der Waals surface area contributed by atoms with E-state index in [1.54, 1.807) is 0 Å². The normalized spacial score (nSPS) is 38.6. The van der Waals surface area contributed by atoms with Crippen LogP contribution in [-0.4, -0.2) is 39.7 Å². The van der Waals surface area contributed by atoms with Gasteiger partial charge in [-0.25, -0.2) is 0 Å². The van der Waals surface area contributed by atoms with Crippen LogP contribution in [0.1, 0.15) is 74.1 Å². The van der Waals surface area contributed by atoms with Crippen molar-refractivity contribution in [1.29, 1.82) is 0 Å². The highest BCUT2D eigenvalue weighted by Gasteiger charge is 2.60. The smallest absolute Gasteiger partial charge is 0.192 e. The lowest BCUT2D eigenvalue weighted by atomic mass is 9.65. The summed E-state index contributed by atoms with van der Waals surface area (Å²) in [6.07, 6.45) is 4.15. The Bertz CT molecular complexity index is 621. The topological polar surface area (TPSA) is 44.8 Å². The Balaban J connectivity index is 1.90. The maximum absolute atomic E-state index is 13.7. The molecule has 5 heteroatoms. The van der Waals surface area contributed by atoms with Gasteiger partial charge in [-0.15, -0.1) is 0 Å². The van der Waals surface area contributed by atoms with Gasteiger partial charge in [-0.3, -0.25) is 4.79 Å². The fraction of sp³-hybridized carbons (Fsp3) is 0.962. The van der Waals surface area contributed by atoms with E-state index in [1.165, 1.54) is 12.8 Å². The van der Waals surface area contributed by atoms with Gasteiger partial charge in [0.15, 0.2) is 14.6 Å². The Morgan fingerprint density at radius 1 is 1.00 bits per heavy atom. The van der Waals surface area contributed by atoms with Crippen molar-refractivity contribution in [2.24, 2.45) is 41.4 Å². The lowest BCUT2D eigenvalue weighted by Gasteiger charge is -2.48. The van der Waals surface area contributed by atoms with Crippen LogP contribution in [0.15, 0.2) is 0 Å². The molecule has 4 nitrogen and oxygen atoms in total. The molecule has 3 aliphatic carbocycles. The number of ketones is 1. The number of carbonyl (C=O) groups is 1. The highest BCUT2D eigenvalue weighted by molar-refractivity contribution is 6.74. The van der Waals surface area contributed by atoms with E-state index in [1.807, 2.05) is 13.8 Å². The van der Waals surface area contributed by atoms with Gasteiger partial charge < -0.3 is 13.9 Å². The molecule has 0 unspecified atom stereocenters. The van der Waals surface area contributed by atoms with E-state index in [0.717, 1.165) is 12.8 Å². The third-order valence-electron chi connectivity index (χ3n) is 9.32. The quantitative estimate of drug-likeness (QED) is 0.320. The van der Waals surface area contributed by atoms with Crippen LogP contribution in [0, 0.1) is 41.4 Å². The molecule has 3 saturated carbocycles. The van der Waals surface area contributed by atoms with Gasteiger partial charge >= 0.3 is 0 Å². The number of rotatable bonds is 8. The standard InChI is InChI=1S/C26H48O4Si/c1-10-17-16(4)13-19-18-14-21(25(28-11-2)29-12-3)24(27)20(18)15-22(23(17)19)30-31(8,9)26(5,6)7/h16-23,25H,10-15H2,1-9H3/t16-,17-,18-,19-,20+,21+,22-,23+/m1/s1. The van der Waals surface area contributed by atoms with E-state index in [-0.39, 0.29) is 29.3 Å². The fourth-order valence-corrected chi connectivity index (χ4v) is 8.28. The average molecular weight is 453 g/mol. The van der Waals surface area contributed by atoms with E-state index in [4.69, 9.17) is 13.9 Å². The number of Topliss-reactive ketones (excluding diaryl/α,β-unsaturated/α-hetero) is 1. The highest BCUT2D eigenvalue weighted by atomic mass is 28.4. The minimum absolute atomic E-state index is 0.113. The summed E-state index contributed by atoms with van der Waals surface area (Å²) in [7, 11) is -1.91. The summed E-state index contributed by atoms with van der Waals surface area (Å²) < 4.78 is 18.9. The van der Waals surface area contributed by atoms with Crippen LogP contribution in [0.5, 0.6) is 0 Å². The summed E-state index contributed by atoms with van der Waals surface area (Å²) >= 11 is 0. The number of fused-ring (bicyclic) bond motifs is 3. The Hall–Kier alpha value is -0.233. The molecule has 3 aliphatic rings. The average Bonchev–Trinajstić information content (AvgIpc) is 3.17. The molecule has 31 heavy (non-hydrogen) atoms. The van der Waals surface area contributed by atoms with Crippen molar-refractivity contribution >= 4 is 14.1 Å². The molecular formula is C26H48O4Si. The Morgan fingerprint density at radius 3 is 2.13 bits per heavy atom. The second-order valence-corrected chi connectivity index (χ2v) is 16.7. The molecule has 0 aromatic heterocycles. The summed E-state index contributed by atoms with van der Waals surface area (Å²) in [5, 5.41) is 0.183. The van der Waals surface area contributed by atoms with Gasteiger partial charge in [0, 0.05) is 25.2 Å². The monoisotopic (exact) mass is 452 g/mol. The van der Waals surface area contributed by atoms with Crippen LogP contribution in [0.4, 0.5) is 0 Å². The van der Waals surface area contributed by atoms with Crippen molar-refractivity contribution in [2.45, 2.75) is 105 Å². The second kappa shape index (κ2) is 9.56. The summed E-state index contributed by atoms with van der Waals surface area (Å²) in [5.41, 5.74) is 0. The number of hydrogen-bond donors (Lipinski definition) is 0. The van der Waals surface area contributed by atoms with E-state index >= 15 is 0 Å². The van der Waals surface area contributed by atoms with E-state index in [9.17, 15) is 4.79 Å². The Labute approximate surface area is 192 Å². The minimum atomic E-state index is -1.91. The summed E-state index contributed by atoms with van der Waals surface area (Å²) in [6.45, 7) is 21.6. The lowest BCUT2D eigenvalue weighted by Crippen LogP contribution is -2.51. The molecule has 0 radical (unpaired) electrons. The molecule has 0 heterocycles. The molecule has 8 atom stereocenters. The Morgan fingerprint density at radius 2 is 1.61 bits per heavy atom. The second-order valence-electron chi connectivity index (χ2n) is 12.0. The van der Waals surface area contributed by atoms with E-state index in [0.29, 0.717) is 48.6 Å². The van der Waals surface area contributed by atoms with Crippen molar-refractivity contribution in [3.05, 3.63) is 0 Å². The Kier molecular flexibility index (Phi) is 7.83. The zero-order valence-corrected chi connectivity index (χ0v) is 22.6. The van der Waals surface area contributed by atoms with Gasteiger partial charge in [-0.2, -0.15) is 0 Å². The van der Waals surface area contributed by atoms with Crippen LogP contribution in [0.3, 0.4) is 0 Å². The number of hydrogen-bond acceptors (Lipinski definition) is 4. The first-order chi connectivity index (χ1) is 14.5. The largest absolute Gasteiger partial charge is 0.414 e. The van der Waals surface area contributed by atoms with Crippen molar-refractivity contribution in [1.82, 2.24) is 0 Å². The molecule has 0 amide bonds. The van der Waals surface area contributed by atoms with E-state index in [2.05, 4.69) is 47.7 Å². The summed E-state index contributed by atoms with van der Waals surface area (Å²) in [6, 6.07) is 0. The fourth-order valence-electron chi connectivity index (χ4n) is 6.91. The van der Waals surface area contributed by atoms with Crippen LogP contribution >= 0.6 is 0 Å². The van der Waals surface area contributed by atoms with Crippen LogP contribution in [0.25, 0.3) is 0 Å². The first kappa shape index (κ1) is 25.4. The molecule has 3 fully saturated rings. The molecule has 0 N–H and O–H groups in total. The maximum atomic E-state index is 13.7. The first-order valence-electron chi connectivity index (χ1n) is 12.9. The number of carbonyl (C=O) groups excluding carboxylic acids is 1. The third-order valence-corrected chi connectivity index (χ3v) is 13.8. The molecule has 0 aliphatic heterocycles. The SMILES string of the molecule is CCOC(OCC)[C@H]1C[C@@H]2[C@H]3C[C@@H](C)[C@@H](CC)[C@@H]3[C@H](O[Si](C)(C)C(C)(C)C)C[C@@H]2C1=O. The van der Waals surface area contributed by atoms with Crippen molar-refractivity contribution in [3.63, 3.8) is 0 Å². The molecule has 0 saturated heterocycles. The van der Waals surface area contributed by atoms with Crippen LogP contribution in [-0.2, 0) is 18.7 Å². The lowest BCUT2D eigenvalue weighted by molar-refractivity contribution is -0.172. The number of ether oxygens (including phenoxy) is 2. The first-order valence-corrected chi connectivity index (χ1v) is 15.8. The van der Waals surface area contributed by atoms with E-state index < -0.39 is 8.32 Å². The van der Waals surface area contributed by atoms with Crippen molar-refractivity contribution in [3.8, 4) is 0 Å². The predicted octanol–water partition coefficient (Wildman–Crippen LogP) is 6.30.